The molecule has 5 rings (SSSR count). The molecule has 3 aromatic rings. The van der Waals surface area contributed by atoms with E-state index >= 15 is 0 Å². The fourth-order valence-corrected chi connectivity index (χ4v) is 3.58. The molecular formula is C17H20N6O. The summed E-state index contributed by atoms with van der Waals surface area (Å²) in [6.45, 7) is 2.83. The van der Waals surface area contributed by atoms with Gasteiger partial charge in [0.15, 0.2) is 17.3 Å². The van der Waals surface area contributed by atoms with E-state index < -0.39 is 0 Å². The third-order valence-electron chi connectivity index (χ3n) is 4.98. The van der Waals surface area contributed by atoms with E-state index in [9.17, 15) is 0 Å². The maximum Gasteiger partial charge on any atom is 0.199 e. The van der Waals surface area contributed by atoms with Gasteiger partial charge >= 0.3 is 0 Å². The minimum atomic E-state index is 0.344. The van der Waals surface area contributed by atoms with Gasteiger partial charge in [0.2, 0.25) is 0 Å². The molecule has 0 spiro atoms. The van der Waals surface area contributed by atoms with Crippen LogP contribution in [0, 0.1) is 0 Å². The second-order valence-electron chi connectivity index (χ2n) is 6.86. The van der Waals surface area contributed by atoms with Crippen molar-refractivity contribution in [2.45, 2.75) is 44.2 Å². The molecule has 0 N–H and O–H groups in total. The molecule has 2 fully saturated rings. The number of hydrogen-bond donors (Lipinski definition) is 0. The standard InChI is InChI=1S/C17H20N6O/c1-2-6-15-14(5-1)18-17(24-15)12-4-3-9-22(10-12)11-16-19-20-21-23(16)13-7-8-13/h1-2,5-6,12-13H,3-4,7-11H2/t12-/m1/s1. The highest BCUT2D eigenvalue weighted by Crippen LogP contribution is 2.35. The molecule has 1 atom stereocenters. The van der Waals surface area contributed by atoms with E-state index in [1.165, 1.54) is 12.8 Å². The van der Waals surface area contributed by atoms with Crippen LogP contribution in [-0.4, -0.2) is 43.2 Å². The topological polar surface area (TPSA) is 72.9 Å². The monoisotopic (exact) mass is 324 g/mol. The van der Waals surface area contributed by atoms with Crippen LogP contribution in [0.15, 0.2) is 28.7 Å². The summed E-state index contributed by atoms with van der Waals surface area (Å²) in [5, 5.41) is 12.2. The predicted octanol–water partition coefficient (Wildman–Crippen LogP) is 2.53. The third-order valence-corrected chi connectivity index (χ3v) is 4.98. The van der Waals surface area contributed by atoms with E-state index in [1.807, 2.05) is 28.9 Å². The van der Waals surface area contributed by atoms with Gasteiger partial charge < -0.3 is 4.42 Å². The van der Waals surface area contributed by atoms with E-state index in [0.29, 0.717) is 12.0 Å². The quantitative estimate of drug-likeness (QED) is 0.734. The van der Waals surface area contributed by atoms with E-state index in [0.717, 1.165) is 55.3 Å². The number of hydrogen-bond acceptors (Lipinski definition) is 6. The normalized spacial score (nSPS) is 22.2. The van der Waals surface area contributed by atoms with Crippen LogP contribution in [0.1, 0.15) is 49.4 Å². The summed E-state index contributed by atoms with van der Waals surface area (Å²) >= 11 is 0. The van der Waals surface area contributed by atoms with Gasteiger partial charge in [0.25, 0.3) is 0 Å². The van der Waals surface area contributed by atoms with Crippen molar-refractivity contribution in [3.05, 3.63) is 36.0 Å². The Kier molecular flexibility index (Phi) is 3.33. The number of nitrogens with zero attached hydrogens (tertiary/aromatic N) is 6. The summed E-state index contributed by atoms with van der Waals surface area (Å²) in [6.07, 6.45) is 4.67. The zero-order valence-electron chi connectivity index (χ0n) is 13.5. The molecule has 1 aromatic carbocycles. The third kappa shape index (κ3) is 2.58. The van der Waals surface area contributed by atoms with Gasteiger partial charge in [-0.1, -0.05) is 12.1 Å². The van der Waals surface area contributed by atoms with Crippen molar-refractivity contribution in [2.75, 3.05) is 13.1 Å². The lowest BCUT2D eigenvalue weighted by Gasteiger charge is -2.30. The van der Waals surface area contributed by atoms with Gasteiger partial charge in [-0.25, -0.2) is 9.67 Å². The van der Waals surface area contributed by atoms with Crippen molar-refractivity contribution in [3.63, 3.8) is 0 Å². The number of fused-ring (bicyclic) bond motifs is 1. The number of rotatable bonds is 4. The zero-order valence-corrected chi connectivity index (χ0v) is 13.5. The smallest absolute Gasteiger partial charge is 0.199 e. The molecule has 0 amide bonds. The van der Waals surface area contributed by atoms with Crippen LogP contribution in [0.4, 0.5) is 0 Å². The Bertz CT molecular complexity index is 819. The van der Waals surface area contributed by atoms with E-state index in [-0.39, 0.29) is 0 Å². The van der Waals surface area contributed by atoms with Gasteiger partial charge in [0, 0.05) is 12.5 Å². The van der Waals surface area contributed by atoms with Crippen LogP contribution in [0.25, 0.3) is 11.1 Å². The second-order valence-corrected chi connectivity index (χ2v) is 6.86. The molecular weight excluding hydrogens is 304 g/mol. The summed E-state index contributed by atoms with van der Waals surface area (Å²) in [6, 6.07) is 8.50. The number of oxazole rings is 1. The highest BCUT2D eigenvalue weighted by atomic mass is 16.3. The number of para-hydroxylation sites is 2. The minimum Gasteiger partial charge on any atom is -0.440 e. The van der Waals surface area contributed by atoms with Crippen molar-refractivity contribution >= 4 is 11.1 Å². The lowest BCUT2D eigenvalue weighted by Crippen LogP contribution is -2.35. The van der Waals surface area contributed by atoms with Gasteiger partial charge in [0.1, 0.15) is 5.52 Å². The average Bonchev–Trinajstić information content (AvgIpc) is 3.19. The van der Waals surface area contributed by atoms with Crippen molar-refractivity contribution in [2.24, 2.45) is 0 Å². The number of tetrazole rings is 1. The second kappa shape index (κ2) is 5.66. The van der Waals surface area contributed by atoms with Crippen molar-refractivity contribution in [1.29, 1.82) is 0 Å². The van der Waals surface area contributed by atoms with Crippen LogP contribution in [-0.2, 0) is 6.54 Å². The SMILES string of the molecule is c1ccc2oc([C@@H]3CCCN(Cc4nnnn4C4CC4)C3)nc2c1. The zero-order chi connectivity index (χ0) is 15.9. The Hall–Kier alpha value is -2.28. The first-order valence-corrected chi connectivity index (χ1v) is 8.71. The Balaban J connectivity index is 1.33. The fraction of sp³-hybridized carbons (Fsp3) is 0.529. The number of likely N-dealkylation sites (tertiary alicyclic amines) is 1. The van der Waals surface area contributed by atoms with E-state index in [4.69, 9.17) is 4.42 Å². The molecule has 1 aliphatic heterocycles. The molecule has 2 aromatic heterocycles. The maximum absolute atomic E-state index is 5.98. The molecule has 24 heavy (non-hydrogen) atoms. The molecule has 2 aliphatic rings. The number of piperidine rings is 1. The number of benzene rings is 1. The first-order chi connectivity index (χ1) is 11.9. The Morgan fingerprint density at radius 2 is 2.08 bits per heavy atom. The predicted molar refractivity (Wildman–Crippen MR) is 87.3 cm³/mol. The molecule has 1 saturated heterocycles. The van der Waals surface area contributed by atoms with Crippen molar-refractivity contribution in [3.8, 4) is 0 Å². The van der Waals surface area contributed by atoms with Gasteiger partial charge in [-0.2, -0.15) is 0 Å². The minimum absolute atomic E-state index is 0.344. The molecule has 1 saturated carbocycles. The van der Waals surface area contributed by atoms with Gasteiger partial charge in [-0.05, 0) is 54.8 Å². The number of aromatic nitrogens is 5. The molecule has 1 aliphatic carbocycles. The molecule has 7 heteroatoms. The Labute approximate surface area is 139 Å². The Morgan fingerprint density at radius 3 is 2.96 bits per heavy atom. The molecule has 0 unspecified atom stereocenters. The molecule has 0 bridgehead atoms. The van der Waals surface area contributed by atoms with Crippen LogP contribution in [0.2, 0.25) is 0 Å². The lowest BCUT2D eigenvalue weighted by atomic mass is 9.98. The Morgan fingerprint density at radius 1 is 1.17 bits per heavy atom. The summed E-state index contributed by atoms with van der Waals surface area (Å²) < 4.78 is 7.98. The largest absolute Gasteiger partial charge is 0.440 e. The van der Waals surface area contributed by atoms with Gasteiger partial charge in [-0.15, -0.1) is 5.10 Å². The maximum atomic E-state index is 5.98. The fourth-order valence-electron chi connectivity index (χ4n) is 3.58. The van der Waals surface area contributed by atoms with Crippen LogP contribution in [0.3, 0.4) is 0 Å². The summed E-state index contributed by atoms with van der Waals surface area (Å²) in [7, 11) is 0. The van der Waals surface area contributed by atoms with Crippen LogP contribution in [0.5, 0.6) is 0 Å². The summed E-state index contributed by atoms with van der Waals surface area (Å²) in [4.78, 5) is 7.11. The first-order valence-electron chi connectivity index (χ1n) is 8.71. The van der Waals surface area contributed by atoms with Crippen molar-refractivity contribution < 1.29 is 4.42 Å². The molecule has 3 heterocycles. The first kappa shape index (κ1) is 14.1. The van der Waals surface area contributed by atoms with Gasteiger partial charge in [-0.3, -0.25) is 4.90 Å². The summed E-state index contributed by atoms with van der Waals surface area (Å²) in [5.41, 5.74) is 1.82. The summed E-state index contributed by atoms with van der Waals surface area (Å²) in [5.74, 6) is 2.19. The highest BCUT2D eigenvalue weighted by molar-refractivity contribution is 5.72. The molecule has 0 radical (unpaired) electrons. The lowest BCUT2D eigenvalue weighted by molar-refractivity contribution is 0.180. The highest BCUT2D eigenvalue weighted by Gasteiger charge is 2.30. The van der Waals surface area contributed by atoms with Crippen molar-refractivity contribution in [1.82, 2.24) is 30.1 Å². The molecule has 7 nitrogen and oxygen atoms in total. The van der Waals surface area contributed by atoms with Crippen LogP contribution >= 0.6 is 0 Å². The average molecular weight is 324 g/mol. The van der Waals surface area contributed by atoms with Crippen LogP contribution < -0.4 is 0 Å². The molecule has 124 valence electrons. The van der Waals surface area contributed by atoms with E-state index in [2.05, 4.69) is 25.4 Å². The van der Waals surface area contributed by atoms with E-state index in [1.54, 1.807) is 0 Å². The van der Waals surface area contributed by atoms with Gasteiger partial charge in [0.05, 0.1) is 12.6 Å².